The van der Waals surface area contributed by atoms with Gasteiger partial charge in [-0.2, -0.15) is 13.2 Å². The molecule has 3 aromatic carbocycles. The zero-order valence-electron chi connectivity index (χ0n) is 18.9. The average molecular weight is 478 g/mol. The van der Waals surface area contributed by atoms with Crippen molar-refractivity contribution in [3.05, 3.63) is 95.2 Å². The van der Waals surface area contributed by atoms with E-state index in [-0.39, 0.29) is 11.3 Å². The maximum atomic E-state index is 13.6. The average Bonchev–Trinajstić information content (AvgIpc) is 3.20. The van der Waals surface area contributed by atoms with Crippen LogP contribution in [0.3, 0.4) is 0 Å². The van der Waals surface area contributed by atoms with Gasteiger partial charge in [0.05, 0.1) is 41.0 Å². The van der Waals surface area contributed by atoms with Crippen molar-refractivity contribution in [2.45, 2.75) is 19.1 Å². The molecule has 1 atom stereocenters. The molecule has 1 aliphatic heterocycles. The number of hydrogen-bond donors (Lipinski definition) is 2. The molecular formula is C26H21F3N4O2. The molecule has 1 aromatic heterocycles. The lowest BCUT2D eigenvalue weighted by Gasteiger charge is -2.31. The maximum Gasteiger partial charge on any atom is 0.418 e. The normalized spacial score (nSPS) is 15.5. The van der Waals surface area contributed by atoms with E-state index >= 15 is 0 Å². The van der Waals surface area contributed by atoms with Gasteiger partial charge in [0, 0.05) is 5.70 Å². The number of carbonyl (C=O) groups excluding carboxylic acids is 1. The number of para-hydroxylation sites is 3. The first-order valence-corrected chi connectivity index (χ1v) is 10.8. The van der Waals surface area contributed by atoms with Crippen LogP contribution in [-0.2, 0) is 11.0 Å². The van der Waals surface area contributed by atoms with Crippen molar-refractivity contribution in [2.75, 3.05) is 17.7 Å². The van der Waals surface area contributed by atoms with Gasteiger partial charge in [-0.05, 0) is 48.9 Å². The first-order chi connectivity index (χ1) is 16.8. The van der Waals surface area contributed by atoms with Crippen LogP contribution in [0.25, 0.3) is 11.0 Å². The number of hydrogen-bond acceptors (Lipinski definition) is 4. The minimum Gasteiger partial charge on any atom is -0.497 e. The molecule has 0 fully saturated rings. The number of anilines is 2. The number of benzene rings is 3. The number of nitrogens with one attached hydrogen (secondary N) is 2. The third kappa shape index (κ3) is 3.99. The Bertz CT molecular complexity index is 1460. The molecule has 1 amide bonds. The van der Waals surface area contributed by atoms with Crippen LogP contribution in [0.15, 0.2) is 84.1 Å². The second-order valence-corrected chi connectivity index (χ2v) is 8.13. The van der Waals surface area contributed by atoms with Crippen LogP contribution in [0.1, 0.15) is 24.1 Å². The fourth-order valence-electron chi connectivity index (χ4n) is 4.39. The molecule has 0 saturated heterocycles. The number of allylic oxidation sites excluding steroid dienone is 1. The molecule has 35 heavy (non-hydrogen) atoms. The Hall–Kier alpha value is -4.27. The first kappa shape index (κ1) is 22.5. The molecular weight excluding hydrogens is 457 g/mol. The molecule has 2 heterocycles. The summed E-state index contributed by atoms with van der Waals surface area (Å²) in [6.07, 6.45) is -4.61. The van der Waals surface area contributed by atoms with E-state index < -0.39 is 23.7 Å². The summed E-state index contributed by atoms with van der Waals surface area (Å²) in [5.41, 5.74) is 1.82. The van der Waals surface area contributed by atoms with Crippen LogP contribution in [-0.4, -0.2) is 22.6 Å². The Kier molecular flexibility index (Phi) is 5.47. The highest BCUT2D eigenvalue weighted by molar-refractivity contribution is 6.06. The van der Waals surface area contributed by atoms with Gasteiger partial charge in [-0.25, -0.2) is 4.98 Å². The topological polar surface area (TPSA) is 68.2 Å². The molecule has 9 heteroatoms. The van der Waals surface area contributed by atoms with Crippen molar-refractivity contribution < 1.29 is 22.7 Å². The van der Waals surface area contributed by atoms with Crippen LogP contribution < -0.4 is 15.4 Å². The first-order valence-electron chi connectivity index (χ1n) is 10.8. The number of nitrogens with zero attached hydrogens (tertiary/aromatic N) is 2. The lowest BCUT2D eigenvalue weighted by atomic mass is 9.94. The number of halogens is 3. The van der Waals surface area contributed by atoms with Gasteiger partial charge in [-0.3, -0.25) is 9.36 Å². The van der Waals surface area contributed by atoms with Crippen molar-refractivity contribution in [2.24, 2.45) is 0 Å². The molecule has 2 N–H and O–H groups in total. The van der Waals surface area contributed by atoms with E-state index in [0.29, 0.717) is 17.4 Å². The quantitative estimate of drug-likeness (QED) is 0.378. The lowest BCUT2D eigenvalue weighted by Crippen LogP contribution is -2.31. The summed E-state index contributed by atoms with van der Waals surface area (Å²) in [5.74, 6) is 0.539. The number of aromatic nitrogens is 2. The molecule has 4 aromatic rings. The van der Waals surface area contributed by atoms with Crippen LogP contribution >= 0.6 is 0 Å². The third-order valence-electron chi connectivity index (χ3n) is 5.99. The van der Waals surface area contributed by atoms with Gasteiger partial charge < -0.3 is 15.4 Å². The number of methoxy groups -OCH3 is 1. The Morgan fingerprint density at radius 1 is 1.03 bits per heavy atom. The summed E-state index contributed by atoms with van der Waals surface area (Å²) in [7, 11) is 1.56. The second-order valence-electron chi connectivity index (χ2n) is 8.13. The van der Waals surface area contributed by atoms with Crippen LogP contribution in [0, 0.1) is 0 Å². The Morgan fingerprint density at radius 2 is 1.71 bits per heavy atom. The number of imidazole rings is 1. The summed E-state index contributed by atoms with van der Waals surface area (Å²) < 4.78 is 47.8. The summed E-state index contributed by atoms with van der Waals surface area (Å²) >= 11 is 0. The zero-order chi connectivity index (χ0) is 24.7. The van der Waals surface area contributed by atoms with Crippen molar-refractivity contribution in [3.63, 3.8) is 0 Å². The molecule has 0 unspecified atom stereocenters. The van der Waals surface area contributed by atoms with Gasteiger partial charge in [0.25, 0.3) is 5.91 Å². The standard InChI is InChI=1S/C26H21F3N4O2/c1-15-22(24(34)31-19-8-4-3-7-18(19)26(27,28)29)23(16-11-13-17(35-2)14-12-16)33-21-10-6-5-9-20(21)32-25(33)30-15/h3-14,23H,1-2H3,(H,30,32)(H,31,34)/t23-/m1/s1. The van der Waals surface area contributed by atoms with Crippen LogP contribution in [0.2, 0.25) is 0 Å². The number of alkyl halides is 3. The SMILES string of the molecule is COc1ccc([C@@H]2C(C(=O)Nc3ccccc3C(F)(F)F)=C(C)Nc3nc4ccccc4n32)cc1. The fourth-order valence-corrected chi connectivity index (χ4v) is 4.39. The van der Waals surface area contributed by atoms with Gasteiger partial charge >= 0.3 is 6.18 Å². The highest BCUT2D eigenvalue weighted by Gasteiger charge is 2.37. The number of rotatable bonds is 4. The van der Waals surface area contributed by atoms with Crippen molar-refractivity contribution in [1.29, 1.82) is 0 Å². The maximum absolute atomic E-state index is 13.6. The molecule has 0 saturated carbocycles. The zero-order valence-corrected chi connectivity index (χ0v) is 18.9. The van der Waals surface area contributed by atoms with Crippen molar-refractivity contribution >= 4 is 28.6 Å². The Morgan fingerprint density at radius 3 is 2.43 bits per heavy atom. The van der Waals surface area contributed by atoms with E-state index in [0.717, 1.165) is 22.7 Å². The lowest BCUT2D eigenvalue weighted by molar-refractivity contribution is -0.137. The Balaban J connectivity index is 1.64. The van der Waals surface area contributed by atoms with E-state index in [1.807, 2.05) is 41.0 Å². The smallest absolute Gasteiger partial charge is 0.418 e. The van der Waals surface area contributed by atoms with Gasteiger partial charge in [0.2, 0.25) is 5.95 Å². The summed E-state index contributed by atoms with van der Waals surface area (Å²) in [4.78, 5) is 18.2. The van der Waals surface area contributed by atoms with Crippen molar-refractivity contribution in [1.82, 2.24) is 9.55 Å². The van der Waals surface area contributed by atoms with E-state index in [1.165, 1.54) is 18.2 Å². The molecule has 0 bridgehead atoms. The minimum atomic E-state index is -4.61. The predicted molar refractivity (Wildman–Crippen MR) is 127 cm³/mol. The summed E-state index contributed by atoms with van der Waals surface area (Å²) in [6.45, 7) is 1.71. The van der Waals surface area contributed by atoms with Crippen LogP contribution in [0.5, 0.6) is 5.75 Å². The third-order valence-corrected chi connectivity index (χ3v) is 5.99. The van der Waals surface area contributed by atoms with Gasteiger partial charge in [0.1, 0.15) is 5.75 Å². The largest absolute Gasteiger partial charge is 0.497 e. The summed E-state index contributed by atoms with van der Waals surface area (Å²) in [5, 5.41) is 5.65. The number of carbonyl (C=O) groups is 1. The van der Waals surface area contributed by atoms with Gasteiger partial charge in [-0.15, -0.1) is 0 Å². The van der Waals surface area contributed by atoms with Gasteiger partial charge in [0.15, 0.2) is 0 Å². The van der Waals surface area contributed by atoms with Crippen LogP contribution in [0.4, 0.5) is 24.8 Å². The van der Waals surface area contributed by atoms with Crippen molar-refractivity contribution in [3.8, 4) is 5.75 Å². The highest BCUT2D eigenvalue weighted by atomic mass is 19.4. The molecule has 1 aliphatic rings. The molecule has 5 rings (SSSR count). The van der Waals surface area contributed by atoms with E-state index in [9.17, 15) is 18.0 Å². The molecule has 178 valence electrons. The van der Waals surface area contributed by atoms with Gasteiger partial charge in [-0.1, -0.05) is 36.4 Å². The highest BCUT2D eigenvalue weighted by Crippen LogP contribution is 2.41. The number of fused-ring (bicyclic) bond motifs is 3. The van der Waals surface area contributed by atoms with E-state index in [4.69, 9.17) is 4.74 Å². The molecule has 0 aliphatic carbocycles. The fraction of sp³-hybridized carbons (Fsp3) is 0.154. The number of ether oxygens (including phenoxy) is 1. The predicted octanol–water partition coefficient (Wildman–Crippen LogP) is 5.99. The minimum absolute atomic E-state index is 0.280. The second kappa shape index (κ2) is 8.50. The number of amides is 1. The molecule has 0 radical (unpaired) electrons. The molecule has 0 spiro atoms. The van der Waals surface area contributed by atoms with E-state index in [1.54, 1.807) is 26.2 Å². The monoisotopic (exact) mass is 478 g/mol. The summed E-state index contributed by atoms with van der Waals surface area (Å²) in [6, 6.07) is 19.0. The Labute approximate surface area is 199 Å². The molecule has 6 nitrogen and oxygen atoms in total. The van der Waals surface area contributed by atoms with E-state index in [2.05, 4.69) is 15.6 Å².